The van der Waals surface area contributed by atoms with Gasteiger partial charge in [0.25, 0.3) is 0 Å². The Kier molecular flexibility index (Phi) is 1.40. The van der Waals surface area contributed by atoms with Crippen molar-refractivity contribution in [2.45, 2.75) is 31.7 Å². The van der Waals surface area contributed by atoms with Crippen LogP contribution in [0, 0.1) is 5.41 Å². The van der Waals surface area contributed by atoms with E-state index >= 15 is 0 Å². The van der Waals surface area contributed by atoms with Crippen molar-refractivity contribution in [3.63, 3.8) is 0 Å². The van der Waals surface area contributed by atoms with Crippen LogP contribution in [0.5, 0.6) is 0 Å². The molecule has 1 aromatic rings. The highest BCUT2D eigenvalue weighted by Crippen LogP contribution is 2.60. The van der Waals surface area contributed by atoms with Gasteiger partial charge < -0.3 is 10.3 Å². The van der Waals surface area contributed by atoms with Gasteiger partial charge in [-0.3, -0.25) is 0 Å². The number of aryl methyl sites for hydroxylation is 1. The molecule has 0 bridgehead atoms. The van der Waals surface area contributed by atoms with Crippen molar-refractivity contribution in [1.29, 1.82) is 0 Å². The minimum atomic E-state index is 0.613. The molecule has 2 aliphatic carbocycles. The van der Waals surface area contributed by atoms with Crippen molar-refractivity contribution in [1.82, 2.24) is 10.3 Å². The van der Waals surface area contributed by atoms with Crippen LogP contribution in [0.1, 0.15) is 36.4 Å². The Morgan fingerprint density at radius 1 is 1.38 bits per heavy atom. The first kappa shape index (κ1) is 7.63. The summed E-state index contributed by atoms with van der Waals surface area (Å²) < 4.78 is 0. The Morgan fingerprint density at radius 2 is 2.23 bits per heavy atom. The second-order valence-corrected chi connectivity index (χ2v) is 4.52. The second kappa shape index (κ2) is 2.38. The minimum absolute atomic E-state index is 0.613. The van der Waals surface area contributed by atoms with Crippen LogP contribution in [0.3, 0.4) is 0 Å². The van der Waals surface area contributed by atoms with Gasteiger partial charge in [0.1, 0.15) is 0 Å². The third kappa shape index (κ3) is 0.923. The molecule has 0 amide bonds. The van der Waals surface area contributed by atoms with E-state index in [-0.39, 0.29) is 0 Å². The first-order chi connectivity index (χ1) is 6.36. The molecule has 0 radical (unpaired) electrons. The zero-order valence-electron chi connectivity index (χ0n) is 8.06. The molecule has 1 aromatic heterocycles. The van der Waals surface area contributed by atoms with E-state index in [0.29, 0.717) is 11.5 Å². The smallest absolute Gasteiger partial charge is 0.0392 e. The molecule has 1 heterocycles. The lowest BCUT2D eigenvalue weighted by Gasteiger charge is -2.31. The number of hydrogen-bond donors (Lipinski definition) is 2. The Hall–Kier alpha value is -0.760. The average Bonchev–Trinajstić information content (AvgIpc) is 2.76. The van der Waals surface area contributed by atoms with E-state index in [1.54, 1.807) is 0 Å². The number of aromatic nitrogens is 1. The van der Waals surface area contributed by atoms with Crippen LogP contribution in [0.25, 0.3) is 0 Å². The van der Waals surface area contributed by atoms with Gasteiger partial charge in [0.05, 0.1) is 0 Å². The Bertz CT molecular complexity index is 323. The fourth-order valence-corrected chi connectivity index (χ4v) is 2.91. The van der Waals surface area contributed by atoms with E-state index < -0.39 is 0 Å². The third-order valence-electron chi connectivity index (χ3n) is 3.86. The SMILES string of the molecule is CNC1c2c[nH]cc2CCC12CC2. The second-order valence-electron chi connectivity index (χ2n) is 4.52. The van der Waals surface area contributed by atoms with Crippen LogP contribution in [-0.2, 0) is 6.42 Å². The summed E-state index contributed by atoms with van der Waals surface area (Å²) in [5, 5.41) is 3.48. The first-order valence-electron chi connectivity index (χ1n) is 5.18. The third-order valence-corrected chi connectivity index (χ3v) is 3.86. The van der Waals surface area contributed by atoms with Gasteiger partial charge >= 0.3 is 0 Å². The van der Waals surface area contributed by atoms with Crippen LogP contribution in [0.15, 0.2) is 12.4 Å². The molecule has 2 nitrogen and oxygen atoms in total. The topological polar surface area (TPSA) is 27.8 Å². The van der Waals surface area contributed by atoms with Crippen molar-refractivity contribution in [3.8, 4) is 0 Å². The summed E-state index contributed by atoms with van der Waals surface area (Å²) in [6, 6.07) is 0.613. The average molecular weight is 176 g/mol. The monoisotopic (exact) mass is 176 g/mol. The molecular weight excluding hydrogens is 160 g/mol. The van der Waals surface area contributed by atoms with E-state index in [2.05, 4.69) is 29.7 Å². The van der Waals surface area contributed by atoms with Crippen molar-refractivity contribution >= 4 is 0 Å². The van der Waals surface area contributed by atoms with Crippen molar-refractivity contribution in [3.05, 3.63) is 23.5 Å². The highest BCUT2D eigenvalue weighted by atomic mass is 14.9. The van der Waals surface area contributed by atoms with Gasteiger partial charge in [0.2, 0.25) is 0 Å². The van der Waals surface area contributed by atoms with Gasteiger partial charge in [-0.1, -0.05) is 0 Å². The fourth-order valence-electron chi connectivity index (χ4n) is 2.91. The summed E-state index contributed by atoms with van der Waals surface area (Å²) in [6.07, 6.45) is 9.83. The van der Waals surface area contributed by atoms with E-state index in [1.807, 2.05) is 0 Å². The molecule has 1 fully saturated rings. The van der Waals surface area contributed by atoms with E-state index in [4.69, 9.17) is 0 Å². The zero-order chi connectivity index (χ0) is 8.89. The number of hydrogen-bond acceptors (Lipinski definition) is 1. The Balaban J connectivity index is 2.04. The highest BCUT2D eigenvalue weighted by Gasteiger charge is 2.51. The van der Waals surface area contributed by atoms with Gasteiger partial charge in [0, 0.05) is 18.4 Å². The molecule has 1 unspecified atom stereocenters. The molecule has 0 aliphatic heterocycles. The molecule has 1 spiro atoms. The summed E-state index contributed by atoms with van der Waals surface area (Å²) in [7, 11) is 2.09. The van der Waals surface area contributed by atoms with E-state index in [1.165, 1.54) is 36.8 Å². The summed E-state index contributed by atoms with van der Waals surface area (Å²) in [5.74, 6) is 0. The van der Waals surface area contributed by atoms with Gasteiger partial charge in [0.15, 0.2) is 0 Å². The lowest BCUT2D eigenvalue weighted by atomic mass is 9.79. The normalized spacial score (nSPS) is 28.8. The minimum Gasteiger partial charge on any atom is -0.367 e. The van der Waals surface area contributed by atoms with Crippen LogP contribution in [0.2, 0.25) is 0 Å². The number of nitrogens with one attached hydrogen (secondary N) is 2. The molecule has 0 saturated heterocycles. The Morgan fingerprint density at radius 3 is 2.92 bits per heavy atom. The number of rotatable bonds is 1. The molecule has 2 aliphatic rings. The molecule has 3 rings (SSSR count). The molecule has 0 aromatic carbocycles. The first-order valence-corrected chi connectivity index (χ1v) is 5.18. The van der Waals surface area contributed by atoms with Crippen LogP contribution in [0.4, 0.5) is 0 Å². The van der Waals surface area contributed by atoms with Gasteiger partial charge in [-0.2, -0.15) is 0 Å². The number of fused-ring (bicyclic) bond motifs is 1. The van der Waals surface area contributed by atoms with E-state index in [9.17, 15) is 0 Å². The summed E-state index contributed by atoms with van der Waals surface area (Å²) in [6.45, 7) is 0. The molecule has 70 valence electrons. The van der Waals surface area contributed by atoms with Gasteiger partial charge in [-0.15, -0.1) is 0 Å². The molecule has 13 heavy (non-hydrogen) atoms. The van der Waals surface area contributed by atoms with Crippen LogP contribution >= 0.6 is 0 Å². The molecule has 2 N–H and O–H groups in total. The van der Waals surface area contributed by atoms with Crippen molar-refractivity contribution in [2.24, 2.45) is 5.41 Å². The van der Waals surface area contributed by atoms with E-state index in [0.717, 1.165) is 0 Å². The standard InChI is InChI=1S/C11H16N2/c1-12-10-9-7-13-6-8(9)2-3-11(10)4-5-11/h6-7,10,12-13H,2-5H2,1H3. The van der Waals surface area contributed by atoms with Crippen molar-refractivity contribution in [2.75, 3.05) is 7.05 Å². The highest BCUT2D eigenvalue weighted by molar-refractivity contribution is 5.34. The lowest BCUT2D eigenvalue weighted by molar-refractivity contribution is 0.314. The molecule has 2 heteroatoms. The lowest BCUT2D eigenvalue weighted by Crippen LogP contribution is -2.30. The predicted octanol–water partition coefficient (Wildman–Crippen LogP) is 2.00. The molecular formula is C11H16N2. The maximum absolute atomic E-state index is 3.48. The van der Waals surface area contributed by atoms with Crippen LogP contribution < -0.4 is 5.32 Å². The fraction of sp³-hybridized carbons (Fsp3) is 0.636. The number of H-pyrrole nitrogens is 1. The summed E-state index contributed by atoms with van der Waals surface area (Å²) in [4.78, 5) is 3.23. The summed E-state index contributed by atoms with van der Waals surface area (Å²) >= 11 is 0. The zero-order valence-corrected chi connectivity index (χ0v) is 8.06. The van der Waals surface area contributed by atoms with Crippen LogP contribution in [-0.4, -0.2) is 12.0 Å². The number of aromatic amines is 1. The maximum Gasteiger partial charge on any atom is 0.0392 e. The quantitative estimate of drug-likeness (QED) is 0.673. The molecule has 1 atom stereocenters. The summed E-state index contributed by atoms with van der Waals surface area (Å²) in [5.41, 5.74) is 3.67. The van der Waals surface area contributed by atoms with Crippen molar-refractivity contribution < 1.29 is 0 Å². The van der Waals surface area contributed by atoms with Gasteiger partial charge in [-0.25, -0.2) is 0 Å². The Labute approximate surface area is 78.7 Å². The molecule has 1 saturated carbocycles. The van der Waals surface area contributed by atoms with Gasteiger partial charge in [-0.05, 0) is 49.3 Å². The maximum atomic E-state index is 3.48. The predicted molar refractivity (Wildman–Crippen MR) is 52.6 cm³/mol. The largest absolute Gasteiger partial charge is 0.367 e.